The molecule has 0 aromatic carbocycles. The highest BCUT2D eigenvalue weighted by Crippen LogP contribution is 2.21. The zero-order valence-corrected chi connectivity index (χ0v) is 10.4. The van der Waals surface area contributed by atoms with E-state index in [-0.39, 0.29) is 5.78 Å². The number of oxazole rings is 1. The molecule has 3 nitrogen and oxygen atoms in total. The second-order valence-electron chi connectivity index (χ2n) is 3.08. The van der Waals surface area contributed by atoms with Crippen LogP contribution in [-0.4, -0.2) is 10.8 Å². The summed E-state index contributed by atoms with van der Waals surface area (Å²) < 4.78 is 6.00. The van der Waals surface area contributed by atoms with Gasteiger partial charge in [0.25, 0.3) is 0 Å². The van der Waals surface area contributed by atoms with Crippen molar-refractivity contribution >= 4 is 33.0 Å². The first-order valence-electron chi connectivity index (χ1n) is 4.33. The Morgan fingerprint density at radius 3 is 3.00 bits per heavy atom. The van der Waals surface area contributed by atoms with Crippen molar-refractivity contribution in [3.8, 4) is 0 Å². The topological polar surface area (TPSA) is 43.1 Å². The number of aromatic nitrogens is 1. The lowest BCUT2D eigenvalue weighted by molar-refractivity contribution is 0.0989. The van der Waals surface area contributed by atoms with Gasteiger partial charge in [-0.05, 0) is 22.0 Å². The van der Waals surface area contributed by atoms with Crippen LogP contribution in [0.15, 0.2) is 26.6 Å². The molecular formula is C10H8BrNO2S. The van der Waals surface area contributed by atoms with Crippen LogP contribution in [-0.2, 0) is 6.42 Å². The molecule has 0 aliphatic rings. The average Bonchev–Trinajstić information content (AvgIpc) is 2.75. The third-order valence-electron chi connectivity index (χ3n) is 1.86. The molecule has 2 rings (SSSR count). The molecule has 0 unspecified atom stereocenters. The highest BCUT2D eigenvalue weighted by molar-refractivity contribution is 9.10. The molecule has 2 heterocycles. The summed E-state index contributed by atoms with van der Waals surface area (Å²) in [5, 5.41) is 1.96. The third kappa shape index (κ3) is 2.54. The lowest BCUT2D eigenvalue weighted by atomic mass is 10.2. The van der Waals surface area contributed by atoms with Crippen molar-refractivity contribution in [1.82, 2.24) is 4.98 Å². The number of nitrogens with zero attached hydrogens (tertiary/aromatic N) is 1. The molecule has 0 N–H and O–H groups in total. The maximum absolute atomic E-state index is 11.7. The molecule has 5 heteroatoms. The zero-order valence-electron chi connectivity index (χ0n) is 7.99. The number of rotatable bonds is 3. The number of carbonyl (C=O) groups is 1. The molecule has 78 valence electrons. The molecular weight excluding hydrogens is 278 g/mol. The first-order valence-corrected chi connectivity index (χ1v) is 6.00. The number of aryl methyl sites for hydroxylation is 1. The van der Waals surface area contributed by atoms with E-state index >= 15 is 0 Å². The van der Waals surface area contributed by atoms with Gasteiger partial charge in [-0.1, -0.05) is 0 Å². The van der Waals surface area contributed by atoms with Gasteiger partial charge in [0.2, 0.25) is 0 Å². The average molecular weight is 286 g/mol. The number of ketones is 1. The molecule has 0 bridgehead atoms. The van der Waals surface area contributed by atoms with Crippen LogP contribution in [0.1, 0.15) is 21.3 Å². The second kappa shape index (κ2) is 4.28. The maximum Gasteiger partial charge on any atom is 0.191 e. The van der Waals surface area contributed by atoms with Crippen LogP contribution in [0.4, 0.5) is 0 Å². The molecule has 2 aromatic heterocycles. The van der Waals surface area contributed by atoms with Gasteiger partial charge >= 0.3 is 0 Å². The Hall–Kier alpha value is -0.940. The van der Waals surface area contributed by atoms with Crippen molar-refractivity contribution in [2.75, 3.05) is 0 Å². The van der Waals surface area contributed by atoms with E-state index in [1.165, 1.54) is 6.26 Å². The van der Waals surface area contributed by atoms with Crippen LogP contribution in [0.25, 0.3) is 0 Å². The molecule has 0 saturated heterocycles. The van der Waals surface area contributed by atoms with Crippen LogP contribution >= 0.6 is 27.3 Å². The Morgan fingerprint density at radius 2 is 2.47 bits per heavy atom. The van der Waals surface area contributed by atoms with E-state index in [0.29, 0.717) is 18.0 Å². The van der Waals surface area contributed by atoms with Gasteiger partial charge in [-0.15, -0.1) is 11.3 Å². The smallest absolute Gasteiger partial charge is 0.191 e. The Kier molecular flexibility index (Phi) is 3.02. The van der Waals surface area contributed by atoms with Crippen molar-refractivity contribution < 1.29 is 9.21 Å². The number of Topliss-reactive ketones (excluding diaryl/α,β-unsaturated/α-hetero) is 1. The van der Waals surface area contributed by atoms with Gasteiger partial charge in [0.15, 0.2) is 11.7 Å². The monoisotopic (exact) mass is 285 g/mol. The van der Waals surface area contributed by atoms with Crippen molar-refractivity contribution in [3.63, 3.8) is 0 Å². The van der Waals surface area contributed by atoms with Gasteiger partial charge in [0.1, 0.15) is 12.0 Å². The number of hydrogen-bond donors (Lipinski definition) is 0. The quantitative estimate of drug-likeness (QED) is 0.813. The standard InChI is InChI=1S/C10H8BrNO2S/c1-6-12-9(4-14-6)10(13)3-8-2-7(11)5-15-8/h2,4-5H,3H2,1H3. The molecule has 0 radical (unpaired) electrons. The summed E-state index contributed by atoms with van der Waals surface area (Å²) in [5.74, 6) is 0.506. The number of carbonyl (C=O) groups excluding carboxylic acids is 1. The first kappa shape index (κ1) is 10.6. The SMILES string of the molecule is Cc1nc(C(=O)Cc2cc(Br)cs2)co1. The van der Waals surface area contributed by atoms with Gasteiger partial charge in [-0.3, -0.25) is 4.79 Å². The van der Waals surface area contributed by atoms with E-state index in [9.17, 15) is 4.79 Å². The van der Waals surface area contributed by atoms with Crippen molar-refractivity contribution in [2.45, 2.75) is 13.3 Å². The fourth-order valence-electron chi connectivity index (χ4n) is 1.19. The molecule has 0 aliphatic heterocycles. The van der Waals surface area contributed by atoms with E-state index in [1.807, 2.05) is 11.4 Å². The van der Waals surface area contributed by atoms with Crippen molar-refractivity contribution in [1.29, 1.82) is 0 Å². The third-order valence-corrected chi connectivity index (χ3v) is 3.56. The number of hydrogen-bond acceptors (Lipinski definition) is 4. The summed E-state index contributed by atoms with van der Waals surface area (Å²) >= 11 is 4.90. The highest BCUT2D eigenvalue weighted by Gasteiger charge is 2.12. The van der Waals surface area contributed by atoms with E-state index in [1.54, 1.807) is 18.3 Å². The minimum absolute atomic E-state index is 0.0128. The normalized spacial score (nSPS) is 10.5. The number of halogens is 1. The summed E-state index contributed by atoms with van der Waals surface area (Å²) in [4.78, 5) is 16.7. The predicted molar refractivity (Wildman–Crippen MR) is 61.3 cm³/mol. The fraction of sp³-hybridized carbons (Fsp3) is 0.200. The summed E-state index contributed by atoms with van der Waals surface area (Å²) in [5.41, 5.74) is 0.400. The minimum atomic E-state index is -0.0128. The van der Waals surface area contributed by atoms with E-state index in [0.717, 1.165) is 9.35 Å². The Balaban J connectivity index is 2.10. The van der Waals surface area contributed by atoms with Gasteiger partial charge in [0.05, 0.1) is 0 Å². The number of thiophene rings is 1. The molecule has 0 saturated carbocycles. The molecule has 0 fully saturated rings. The fourth-order valence-corrected chi connectivity index (χ4v) is 2.64. The second-order valence-corrected chi connectivity index (χ2v) is 4.99. The molecule has 0 spiro atoms. The summed E-state index contributed by atoms with van der Waals surface area (Å²) in [7, 11) is 0. The molecule has 0 amide bonds. The first-order chi connectivity index (χ1) is 7.15. The van der Waals surface area contributed by atoms with Crippen LogP contribution in [0, 0.1) is 6.92 Å². The lowest BCUT2D eigenvalue weighted by Crippen LogP contribution is -2.02. The lowest BCUT2D eigenvalue weighted by Gasteiger charge is -1.92. The van der Waals surface area contributed by atoms with E-state index in [4.69, 9.17) is 4.42 Å². The minimum Gasteiger partial charge on any atom is -0.449 e. The summed E-state index contributed by atoms with van der Waals surface area (Å²) in [6.45, 7) is 1.72. The van der Waals surface area contributed by atoms with Crippen LogP contribution in [0.3, 0.4) is 0 Å². The van der Waals surface area contributed by atoms with Gasteiger partial charge < -0.3 is 4.42 Å². The van der Waals surface area contributed by atoms with Crippen molar-refractivity contribution in [2.24, 2.45) is 0 Å². The van der Waals surface area contributed by atoms with Gasteiger partial charge in [-0.25, -0.2) is 4.98 Å². The highest BCUT2D eigenvalue weighted by atomic mass is 79.9. The van der Waals surface area contributed by atoms with Gasteiger partial charge in [-0.2, -0.15) is 0 Å². The van der Waals surface area contributed by atoms with Gasteiger partial charge in [0, 0.05) is 28.1 Å². The molecule has 0 atom stereocenters. The summed E-state index contributed by atoms with van der Waals surface area (Å²) in [6.07, 6.45) is 1.78. The molecule has 2 aromatic rings. The zero-order chi connectivity index (χ0) is 10.8. The molecule has 0 aliphatic carbocycles. The molecule has 15 heavy (non-hydrogen) atoms. The Morgan fingerprint density at radius 1 is 1.67 bits per heavy atom. The van der Waals surface area contributed by atoms with Crippen molar-refractivity contribution in [3.05, 3.63) is 38.6 Å². The predicted octanol–water partition coefficient (Wildman–Crippen LogP) is 3.23. The van der Waals surface area contributed by atoms with Crippen LogP contribution in [0.5, 0.6) is 0 Å². The van der Waals surface area contributed by atoms with Crippen LogP contribution < -0.4 is 0 Å². The largest absolute Gasteiger partial charge is 0.449 e. The van der Waals surface area contributed by atoms with Crippen LogP contribution in [0.2, 0.25) is 0 Å². The summed E-state index contributed by atoms with van der Waals surface area (Å²) in [6, 6.07) is 1.94. The maximum atomic E-state index is 11.7. The van der Waals surface area contributed by atoms with E-state index < -0.39 is 0 Å². The van der Waals surface area contributed by atoms with E-state index in [2.05, 4.69) is 20.9 Å². The Bertz CT molecular complexity index is 489. The Labute approximate surface area is 99.3 Å².